The van der Waals surface area contributed by atoms with Crippen molar-refractivity contribution >= 4 is 11.8 Å². The van der Waals surface area contributed by atoms with E-state index in [0.29, 0.717) is 18.5 Å². The minimum atomic E-state index is -0.148. The average Bonchev–Trinajstić information content (AvgIpc) is 2.98. The lowest BCUT2D eigenvalue weighted by atomic mass is 10.1. The van der Waals surface area contributed by atoms with E-state index in [-0.39, 0.29) is 12.1 Å². The van der Waals surface area contributed by atoms with Crippen molar-refractivity contribution in [3.05, 3.63) is 11.8 Å². The Morgan fingerprint density at radius 3 is 2.50 bits per heavy atom. The summed E-state index contributed by atoms with van der Waals surface area (Å²) in [5.41, 5.74) is 1.00. The van der Waals surface area contributed by atoms with Gasteiger partial charge < -0.3 is 5.32 Å². The second-order valence-electron chi connectivity index (χ2n) is 7.47. The summed E-state index contributed by atoms with van der Waals surface area (Å²) in [6.45, 7) is 14.7. The standard InChI is InChI=1S/C17H30N6O/c1-12(2)15-9-16(23(20-15)13(3)4)19-17(24)18-10-14-11-21-5-7-22(14)8-6-21/h9,12-14H,5-8,10-11H2,1-4H3,(H2,18,19,24). The number of hydrogen-bond acceptors (Lipinski definition) is 4. The molecular weight excluding hydrogens is 304 g/mol. The topological polar surface area (TPSA) is 65.4 Å². The zero-order valence-corrected chi connectivity index (χ0v) is 15.2. The number of carbonyl (C=O) groups is 1. The summed E-state index contributed by atoms with van der Waals surface area (Å²) in [7, 11) is 0. The van der Waals surface area contributed by atoms with Gasteiger partial charge in [-0.1, -0.05) is 13.8 Å². The first-order chi connectivity index (χ1) is 11.4. The molecule has 1 aromatic heterocycles. The van der Waals surface area contributed by atoms with Crippen molar-refractivity contribution < 1.29 is 4.79 Å². The molecule has 3 aliphatic heterocycles. The SMILES string of the molecule is CC(C)c1cc(NC(=O)NCC2CN3CCN2CC3)n(C(C)C)n1. The lowest BCUT2D eigenvalue weighted by molar-refractivity contribution is 0.0149. The monoisotopic (exact) mass is 334 g/mol. The Bertz CT molecular complexity index is 574. The highest BCUT2D eigenvalue weighted by atomic mass is 16.2. The summed E-state index contributed by atoms with van der Waals surface area (Å²) in [5.74, 6) is 1.11. The van der Waals surface area contributed by atoms with Crippen LogP contribution in [0.3, 0.4) is 0 Å². The minimum Gasteiger partial charge on any atom is -0.336 e. The van der Waals surface area contributed by atoms with Gasteiger partial charge in [0, 0.05) is 57.4 Å². The molecule has 3 saturated heterocycles. The van der Waals surface area contributed by atoms with Gasteiger partial charge in [0.1, 0.15) is 5.82 Å². The van der Waals surface area contributed by atoms with Gasteiger partial charge in [0.2, 0.25) is 0 Å². The number of piperazine rings is 3. The van der Waals surface area contributed by atoms with Crippen molar-refractivity contribution in [1.82, 2.24) is 24.9 Å². The van der Waals surface area contributed by atoms with Crippen LogP contribution in [0.4, 0.5) is 10.6 Å². The Morgan fingerprint density at radius 2 is 1.96 bits per heavy atom. The third kappa shape index (κ3) is 3.72. The summed E-state index contributed by atoms with van der Waals surface area (Å²) in [4.78, 5) is 17.3. The fourth-order valence-electron chi connectivity index (χ4n) is 3.47. The van der Waals surface area contributed by atoms with Crippen molar-refractivity contribution in [3.8, 4) is 0 Å². The van der Waals surface area contributed by atoms with Gasteiger partial charge in [-0.15, -0.1) is 0 Å². The van der Waals surface area contributed by atoms with Crippen molar-refractivity contribution in [3.63, 3.8) is 0 Å². The molecule has 1 unspecified atom stereocenters. The summed E-state index contributed by atoms with van der Waals surface area (Å²) in [5, 5.41) is 10.6. The maximum atomic E-state index is 12.3. The maximum absolute atomic E-state index is 12.3. The number of urea groups is 1. The van der Waals surface area contributed by atoms with Crippen molar-refractivity contribution in [2.45, 2.75) is 45.7 Å². The Hall–Kier alpha value is -1.60. The maximum Gasteiger partial charge on any atom is 0.320 e. The first kappa shape index (κ1) is 17.2. The molecule has 1 atom stereocenters. The Labute approximate surface area is 144 Å². The van der Waals surface area contributed by atoms with Crippen LogP contribution in [0.15, 0.2) is 6.07 Å². The molecule has 2 N–H and O–H groups in total. The molecular formula is C17H30N6O. The predicted molar refractivity (Wildman–Crippen MR) is 95.5 cm³/mol. The molecule has 3 aliphatic rings. The van der Waals surface area contributed by atoms with Gasteiger partial charge in [-0.2, -0.15) is 5.10 Å². The van der Waals surface area contributed by atoms with E-state index in [0.717, 1.165) is 44.2 Å². The highest BCUT2D eigenvalue weighted by Gasteiger charge is 2.31. The van der Waals surface area contributed by atoms with Gasteiger partial charge in [0.25, 0.3) is 0 Å². The molecule has 2 bridgehead atoms. The number of anilines is 1. The quantitative estimate of drug-likeness (QED) is 0.860. The number of aromatic nitrogens is 2. The zero-order valence-electron chi connectivity index (χ0n) is 15.2. The number of nitrogens with zero attached hydrogens (tertiary/aromatic N) is 4. The van der Waals surface area contributed by atoms with Crippen LogP contribution in [0.1, 0.15) is 45.3 Å². The summed E-state index contributed by atoms with van der Waals surface area (Å²) in [6, 6.07) is 2.46. The van der Waals surface area contributed by atoms with Crippen LogP contribution in [-0.2, 0) is 0 Å². The largest absolute Gasteiger partial charge is 0.336 e. The first-order valence-corrected chi connectivity index (χ1v) is 9.04. The second kappa shape index (κ2) is 7.11. The number of fused-ring (bicyclic) bond motifs is 3. The van der Waals surface area contributed by atoms with Crippen molar-refractivity contribution in [2.75, 3.05) is 44.6 Å². The Morgan fingerprint density at radius 1 is 1.25 bits per heavy atom. The molecule has 0 saturated carbocycles. The fourth-order valence-corrected chi connectivity index (χ4v) is 3.47. The van der Waals surface area contributed by atoms with Gasteiger partial charge in [-0.25, -0.2) is 9.48 Å². The summed E-state index contributed by atoms with van der Waals surface area (Å²) in [6.07, 6.45) is 0. The molecule has 4 rings (SSSR count). The highest BCUT2D eigenvalue weighted by Crippen LogP contribution is 2.21. The Balaban J connectivity index is 1.57. The van der Waals surface area contributed by atoms with E-state index in [1.807, 2.05) is 10.7 Å². The highest BCUT2D eigenvalue weighted by molar-refractivity contribution is 5.88. The molecule has 3 fully saturated rings. The van der Waals surface area contributed by atoms with Crippen LogP contribution in [0.25, 0.3) is 0 Å². The van der Waals surface area contributed by atoms with Gasteiger partial charge in [0.05, 0.1) is 5.69 Å². The molecule has 0 aromatic carbocycles. The van der Waals surface area contributed by atoms with E-state index < -0.39 is 0 Å². The number of nitrogens with one attached hydrogen (secondary N) is 2. The van der Waals surface area contributed by atoms with Crippen LogP contribution in [-0.4, -0.2) is 70.9 Å². The Kier molecular flexibility index (Phi) is 5.10. The van der Waals surface area contributed by atoms with Crippen LogP contribution in [0, 0.1) is 0 Å². The van der Waals surface area contributed by atoms with Gasteiger partial charge >= 0.3 is 6.03 Å². The number of amides is 2. The second-order valence-corrected chi connectivity index (χ2v) is 7.47. The van der Waals surface area contributed by atoms with E-state index >= 15 is 0 Å². The van der Waals surface area contributed by atoms with E-state index in [9.17, 15) is 4.79 Å². The van der Waals surface area contributed by atoms with Crippen LogP contribution < -0.4 is 10.6 Å². The lowest BCUT2D eigenvalue weighted by Gasteiger charge is -2.47. The third-order valence-corrected chi connectivity index (χ3v) is 4.97. The van der Waals surface area contributed by atoms with Gasteiger partial charge in [0.15, 0.2) is 0 Å². The summed E-state index contributed by atoms with van der Waals surface area (Å²) < 4.78 is 1.88. The van der Waals surface area contributed by atoms with E-state index in [1.54, 1.807) is 0 Å². The van der Waals surface area contributed by atoms with Crippen LogP contribution in [0.2, 0.25) is 0 Å². The molecule has 0 aliphatic carbocycles. The number of carbonyl (C=O) groups excluding carboxylic acids is 1. The molecule has 24 heavy (non-hydrogen) atoms. The third-order valence-electron chi connectivity index (χ3n) is 4.97. The van der Waals surface area contributed by atoms with Gasteiger partial charge in [-0.3, -0.25) is 15.1 Å². The molecule has 7 nitrogen and oxygen atoms in total. The first-order valence-electron chi connectivity index (χ1n) is 9.04. The molecule has 7 heteroatoms. The van der Waals surface area contributed by atoms with Gasteiger partial charge in [-0.05, 0) is 19.8 Å². The van der Waals surface area contributed by atoms with E-state index in [4.69, 9.17) is 0 Å². The van der Waals surface area contributed by atoms with Crippen molar-refractivity contribution in [2.24, 2.45) is 0 Å². The minimum absolute atomic E-state index is 0.148. The predicted octanol–water partition coefficient (Wildman–Crippen LogP) is 1.71. The smallest absolute Gasteiger partial charge is 0.320 e. The molecule has 0 spiro atoms. The van der Waals surface area contributed by atoms with E-state index in [2.05, 4.69) is 53.2 Å². The van der Waals surface area contributed by atoms with Crippen LogP contribution in [0.5, 0.6) is 0 Å². The average molecular weight is 334 g/mol. The molecule has 2 amide bonds. The van der Waals surface area contributed by atoms with Crippen LogP contribution >= 0.6 is 0 Å². The molecule has 0 radical (unpaired) electrons. The molecule has 4 heterocycles. The number of rotatable bonds is 5. The lowest BCUT2D eigenvalue weighted by Crippen LogP contribution is -2.63. The fraction of sp³-hybridized carbons (Fsp3) is 0.765. The summed E-state index contributed by atoms with van der Waals surface area (Å²) >= 11 is 0. The molecule has 134 valence electrons. The molecule has 1 aromatic rings. The van der Waals surface area contributed by atoms with E-state index in [1.165, 1.54) is 0 Å². The van der Waals surface area contributed by atoms with Crippen molar-refractivity contribution in [1.29, 1.82) is 0 Å². The normalized spacial score (nSPS) is 26.2. The number of hydrogen-bond donors (Lipinski definition) is 2. The zero-order chi connectivity index (χ0) is 17.3.